The molecule has 0 saturated heterocycles. The van der Waals surface area contributed by atoms with E-state index in [-0.39, 0.29) is 5.75 Å². The second-order valence-corrected chi connectivity index (χ2v) is 8.57. The van der Waals surface area contributed by atoms with E-state index in [0.29, 0.717) is 16.2 Å². The van der Waals surface area contributed by atoms with Gasteiger partial charge in [-0.25, -0.2) is 8.42 Å². The van der Waals surface area contributed by atoms with Gasteiger partial charge in [0, 0.05) is 0 Å². The highest BCUT2D eigenvalue weighted by Crippen LogP contribution is 2.62. The Bertz CT molecular complexity index is 558. The van der Waals surface area contributed by atoms with Crippen molar-refractivity contribution in [2.24, 2.45) is 17.3 Å². The molecule has 103 valence electrons. The molecule has 1 aromatic carbocycles. The van der Waals surface area contributed by atoms with E-state index < -0.39 is 9.84 Å². The summed E-state index contributed by atoms with van der Waals surface area (Å²) in [5.41, 5.74) is 0.319. The Kier molecular flexibility index (Phi) is 3.01. The Morgan fingerprint density at radius 3 is 2.47 bits per heavy atom. The van der Waals surface area contributed by atoms with Crippen LogP contribution in [0.3, 0.4) is 0 Å². The molecule has 19 heavy (non-hydrogen) atoms. The van der Waals surface area contributed by atoms with Gasteiger partial charge in [0.2, 0.25) is 0 Å². The smallest absolute Gasteiger partial charge is 0.178 e. The zero-order valence-electron chi connectivity index (χ0n) is 11.6. The van der Waals surface area contributed by atoms with Crippen molar-refractivity contribution in [2.45, 2.75) is 38.0 Å². The molecule has 0 amide bonds. The van der Waals surface area contributed by atoms with Crippen LogP contribution in [0.4, 0.5) is 0 Å². The molecule has 0 aliphatic heterocycles. The molecule has 3 aliphatic carbocycles. The quantitative estimate of drug-likeness (QED) is 0.847. The second-order valence-electron chi connectivity index (χ2n) is 6.58. The maximum Gasteiger partial charge on any atom is 0.178 e. The van der Waals surface area contributed by atoms with Crippen LogP contribution >= 0.6 is 0 Å². The molecular weight excluding hydrogens is 256 g/mol. The topological polar surface area (TPSA) is 34.1 Å². The summed E-state index contributed by atoms with van der Waals surface area (Å²) >= 11 is 0. The molecule has 0 unspecified atom stereocenters. The highest BCUT2D eigenvalue weighted by atomic mass is 32.2. The first-order chi connectivity index (χ1) is 8.91. The van der Waals surface area contributed by atoms with E-state index in [9.17, 15) is 8.42 Å². The van der Waals surface area contributed by atoms with Crippen LogP contribution in [-0.2, 0) is 9.84 Å². The summed E-state index contributed by atoms with van der Waals surface area (Å²) in [7, 11) is -3.16. The molecule has 1 aromatic rings. The number of rotatable bonds is 3. The van der Waals surface area contributed by atoms with Crippen LogP contribution in [0.2, 0.25) is 0 Å². The SMILES string of the molecule is CC1(C)[C@@H]2CC[C](CS(=O)(=O)c3ccccc3)[C@H]1C2. The number of hydrogen-bond acceptors (Lipinski definition) is 2. The van der Waals surface area contributed by atoms with Crippen LogP contribution in [0.5, 0.6) is 0 Å². The van der Waals surface area contributed by atoms with Crippen molar-refractivity contribution in [3.05, 3.63) is 36.2 Å². The molecule has 0 heterocycles. The van der Waals surface area contributed by atoms with Gasteiger partial charge in [0.05, 0.1) is 10.6 Å². The van der Waals surface area contributed by atoms with Crippen LogP contribution in [0.25, 0.3) is 0 Å². The van der Waals surface area contributed by atoms with E-state index in [2.05, 4.69) is 13.8 Å². The van der Waals surface area contributed by atoms with Gasteiger partial charge in [-0.05, 0) is 54.6 Å². The van der Waals surface area contributed by atoms with E-state index in [1.54, 1.807) is 24.3 Å². The molecule has 3 aliphatic rings. The van der Waals surface area contributed by atoms with Crippen LogP contribution in [-0.4, -0.2) is 14.2 Å². The summed E-state index contributed by atoms with van der Waals surface area (Å²) < 4.78 is 24.9. The van der Waals surface area contributed by atoms with Crippen LogP contribution in [0, 0.1) is 23.2 Å². The fourth-order valence-electron chi connectivity index (χ4n) is 3.86. The van der Waals surface area contributed by atoms with Crippen LogP contribution < -0.4 is 0 Å². The minimum Gasteiger partial charge on any atom is -0.224 e. The molecule has 2 atom stereocenters. The normalized spacial score (nSPS) is 29.8. The van der Waals surface area contributed by atoms with E-state index in [1.807, 2.05) is 6.07 Å². The summed E-state index contributed by atoms with van der Waals surface area (Å²) in [5, 5.41) is 0. The summed E-state index contributed by atoms with van der Waals surface area (Å²) in [6.45, 7) is 4.58. The maximum atomic E-state index is 12.5. The van der Waals surface area contributed by atoms with Gasteiger partial charge in [0.1, 0.15) is 0 Å². The minimum absolute atomic E-state index is 0.248. The molecule has 0 aromatic heterocycles. The van der Waals surface area contributed by atoms with Gasteiger partial charge < -0.3 is 0 Å². The van der Waals surface area contributed by atoms with Crippen molar-refractivity contribution < 1.29 is 8.42 Å². The van der Waals surface area contributed by atoms with Crippen LogP contribution in [0.1, 0.15) is 33.1 Å². The monoisotopic (exact) mass is 277 g/mol. The highest BCUT2D eigenvalue weighted by Gasteiger charge is 2.55. The lowest BCUT2D eigenvalue weighted by atomic mass is 9.46. The number of sulfone groups is 1. The Labute approximate surface area is 116 Å². The van der Waals surface area contributed by atoms with Crippen molar-refractivity contribution in [3.63, 3.8) is 0 Å². The first-order valence-corrected chi connectivity index (χ1v) is 8.69. The van der Waals surface area contributed by atoms with Gasteiger partial charge in [-0.15, -0.1) is 0 Å². The molecular formula is C16H21O2S. The van der Waals surface area contributed by atoms with Crippen LogP contribution in [0.15, 0.2) is 35.2 Å². The van der Waals surface area contributed by atoms with Gasteiger partial charge >= 0.3 is 0 Å². The van der Waals surface area contributed by atoms with Gasteiger partial charge in [-0.3, -0.25) is 0 Å². The molecule has 3 heteroatoms. The third-order valence-electron chi connectivity index (χ3n) is 5.25. The first kappa shape index (κ1) is 13.2. The van der Waals surface area contributed by atoms with Gasteiger partial charge in [-0.2, -0.15) is 0 Å². The zero-order valence-corrected chi connectivity index (χ0v) is 12.4. The molecule has 0 N–H and O–H groups in total. The Balaban J connectivity index is 1.79. The van der Waals surface area contributed by atoms with E-state index in [4.69, 9.17) is 0 Å². The fourth-order valence-corrected chi connectivity index (χ4v) is 5.43. The zero-order chi connectivity index (χ0) is 13.7. The largest absolute Gasteiger partial charge is 0.224 e. The Morgan fingerprint density at radius 1 is 1.21 bits per heavy atom. The van der Waals surface area contributed by atoms with E-state index in [0.717, 1.165) is 12.3 Å². The Hall–Kier alpha value is -0.830. The van der Waals surface area contributed by atoms with Gasteiger partial charge in [0.15, 0.2) is 9.84 Å². The molecule has 0 spiro atoms. The molecule has 4 rings (SSSR count). The molecule has 3 saturated carbocycles. The maximum absolute atomic E-state index is 12.5. The first-order valence-electron chi connectivity index (χ1n) is 7.03. The van der Waals surface area contributed by atoms with Crippen molar-refractivity contribution in [1.82, 2.24) is 0 Å². The third kappa shape index (κ3) is 2.12. The van der Waals surface area contributed by atoms with Gasteiger partial charge in [-0.1, -0.05) is 32.0 Å². The molecule has 1 radical (unpaired) electrons. The lowest BCUT2D eigenvalue weighted by Crippen LogP contribution is -2.52. The predicted octanol–water partition coefficient (Wildman–Crippen LogP) is 3.49. The molecule has 2 nitrogen and oxygen atoms in total. The van der Waals surface area contributed by atoms with Crippen molar-refractivity contribution in [3.8, 4) is 0 Å². The number of benzene rings is 1. The summed E-state index contributed by atoms with van der Waals surface area (Å²) in [6, 6.07) is 8.84. The van der Waals surface area contributed by atoms with Crippen molar-refractivity contribution >= 4 is 9.84 Å². The van der Waals surface area contributed by atoms with E-state index in [1.165, 1.54) is 18.8 Å². The third-order valence-corrected chi connectivity index (χ3v) is 7.00. The minimum atomic E-state index is -3.16. The van der Waals surface area contributed by atoms with Crippen molar-refractivity contribution in [1.29, 1.82) is 0 Å². The molecule has 3 fully saturated rings. The standard InChI is InChI=1S/C16H21O2S/c1-16(2)13-9-8-12(15(16)10-13)11-19(17,18)14-6-4-3-5-7-14/h3-7,13,15H,8-11H2,1-2H3/t13-,15-/m1/s1. The highest BCUT2D eigenvalue weighted by molar-refractivity contribution is 7.91. The average Bonchev–Trinajstić information content (AvgIpc) is 2.39. The van der Waals surface area contributed by atoms with Crippen molar-refractivity contribution in [2.75, 3.05) is 5.75 Å². The Morgan fingerprint density at radius 2 is 1.89 bits per heavy atom. The number of hydrogen-bond donors (Lipinski definition) is 0. The van der Waals surface area contributed by atoms with Gasteiger partial charge in [0.25, 0.3) is 0 Å². The summed E-state index contributed by atoms with van der Waals surface area (Å²) in [6.07, 6.45) is 3.38. The predicted molar refractivity (Wildman–Crippen MR) is 76.3 cm³/mol. The second kappa shape index (κ2) is 4.34. The fraction of sp³-hybridized carbons (Fsp3) is 0.562. The lowest BCUT2D eigenvalue weighted by molar-refractivity contribution is -0.0460. The molecule has 2 bridgehead atoms. The summed E-state index contributed by atoms with van der Waals surface area (Å²) in [5.74, 6) is 2.83. The summed E-state index contributed by atoms with van der Waals surface area (Å²) in [4.78, 5) is 0.460. The van der Waals surface area contributed by atoms with E-state index >= 15 is 0 Å². The number of fused-ring (bicyclic) bond motifs is 2. The average molecular weight is 277 g/mol. The lowest BCUT2D eigenvalue weighted by Gasteiger charge is -2.59.